The van der Waals surface area contributed by atoms with Crippen LogP contribution in [0.2, 0.25) is 0 Å². The van der Waals surface area contributed by atoms with Crippen molar-refractivity contribution in [3.05, 3.63) is 50.5 Å². The van der Waals surface area contributed by atoms with Crippen LogP contribution in [0.4, 0.5) is 0 Å². The number of hydrogen-bond donors (Lipinski definition) is 2. The van der Waals surface area contributed by atoms with E-state index in [1.54, 1.807) is 19.1 Å². The second-order valence-corrected chi connectivity index (χ2v) is 6.44. The average Bonchev–Trinajstić information content (AvgIpc) is 2.78. The van der Waals surface area contributed by atoms with Crippen molar-refractivity contribution in [2.45, 2.75) is 33.7 Å². The summed E-state index contributed by atoms with van der Waals surface area (Å²) in [5.41, 5.74) is 3.24. The minimum atomic E-state index is -1.09. The van der Waals surface area contributed by atoms with Gasteiger partial charge in [0.25, 0.3) is 5.91 Å². The topological polar surface area (TPSA) is 79.3 Å². The first-order valence-electron chi connectivity index (χ1n) is 6.84. The molecule has 0 spiro atoms. The number of amides is 1. The summed E-state index contributed by atoms with van der Waals surface area (Å²) in [6.07, 6.45) is 0. The van der Waals surface area contributed by atoms with Crippen molar-refractivity contribution >= 4 is 23.2 Å². The van der Waals surface area contributed by atoms with Crippen LogP contribution in [0, 0.1) is 27.7 Å². The third-order valence-electron chi connectivity index (χ3n) is 3.50. The normalized spacial score (nSPS) is 12.0. The molecule has 0 bridgehead atoms. The zero-order valence-electron chi connectivity index (χ0n) is 12.9. The van der Waals surface area contributed by atoms with E-state index in [2.05, 4.69) is 10.3 Å². The number of nitrogens with zero attached hydrogens (tertiary/aromatic N) is 1. The molecule has 2 N–H and O–H groups in total. The summed E-state index contributed by atoms with van der Waals surface area (Å²) in [5.74, 6) is -1.50. The van der Waals surface area contributed by atoms with Gasteiger partial charge in [-0.05, 0) is 44.4 Å². The molecule has 0 saturated heterocycles. The molecule has 2 rings (SSSR count). The minimum Gasteiger partial charge on any atom is -0.479 e. The fraction of sp³-hybridized carbons (Fsp3) is 0.312. The predicted octanol–water partition coefficient (Wildman–Crippen LogP) is 2.93. The van der Waals surface area contributed by atoms with Crippen LogP contribution in [0.3, 0.4) is 0 Å². The van der Waals surface area contributed by atoms with Gasteiger partial charge in [-0.3, -0.25) is 4.79 Å². The second-order valence-electron chi connectivity index (χ2n) is 5.24. The molecule has 1 atom stereocenters. The largest absolute Gasteiger partial charge is 0.479 e. The summed E-state index contributed by atoms with van der Waals surface area (Å²) < 4.78 is 0. The van der Waals surface area contributed by atoms with Crippen molar-refractivity contribution in [1.82, 2.24) is 10.3 Å². The first-order valence-corrected chi connectivity index (χ1v) is 7.66. The number of carboxylic acids is 1. The first-order chi connectivity index (χ1) is 10.3. The van der Waals surface area contributed by atoms with Gasteiger partial charge in [-0.15, -0.1) is 11.3 Å². The van der Waals surface area contributed by atoms with E-state index >= 15 is 0 Å². The number of aliphatic carboxylic acids is 1. The van der Waals surface area contributed by atoms with E-state index in [9.17, 15) is 14.7 Å². The molecular weight excluding hydrogens is 300 g/mol. The lowest BCUT2D eigenvalue weighted by molar-refractivity contribution is -0.139. The van der Waals surface area contributed by atoms with Gasteiger partial charge in [-0.25, -0.2) is 9.78 Å². The van der Waals surface area contributed by atoms with Crippen molar-refractivity contribution < 1.29 is 14.7 Å². The Morgan fingerprint density at radius 3 is 2.36 bits per heavy atom. The number of carbonyl (C=O) groups excluding carboxylic acids is 1. The number of aromatic nitrogens is 1. The Hall–Kier alpha value is -2.21. The lowest BCUT2D eigenvalue weighted by Crippen LogP contribution is -2.33. The maximum atomic E-state index is 12.3. The molecular formula is C16H18N2O3S. The van der Waals surface area contributed by atoms with Gasteiger partial charge >= 0.3 is 5.97 Å². The number of hydrogen-bond acceptors (Lipinski definition) is 4. The highest BCUT2D eigenvalue weighted by molar-refractivity contribution is 7.13. The highest BCUT2D eigenvalue weighted by atomic mass is 32.1. The standard InChI is InChI=1S/C16H18N2O3S/c1-8-5-6-12(7-9(8)2)13(16(20)21)18-15(19)14-10(3)17-11(4)22-14/h5-7,13H,1-4H3,(H,18,19)(H,20,21). The van der Waals surface area contributed by atoms with Crippen molar-refractivity contribution in [2.75, 3.05) is 0 Å². The Kier molecular flexibility index (Phi) is 4.61. The molecule has 116 valence electrons. The van der Waals surface area contributed by atoms with Crippen LogP contribution in [0.1, 0.15) is 43.1 Å². The maximum absolute atomic E-state index is 12.3. The van der Waals surface area contributed by atoms with Gasteiger partial charge in [0.2, 0.25) is 0 Å². The second kappa shape index (κ2) is 6.27. The summed E-state index contributed by atoms with van der Waals surface area (Å²) in [6, 6.07) is 4.30. The first kappa shape index (κ1) is 16.2. The molecule has 1 aromatic carbocycles. The molecule has 0 aliphatic carbocycles. The van der Waals surface area contributed by atoms with Crippen LogP contribution in [-0.4, -0.2) is 22.0 Å². The molecule has 1 unspecified atom stereocenters. The average molecular weight is 318 g/mol. The molecule has 22 heavy (non-hydrogen) atoms. The Morgan fingerprint density at radius 1 is 1.18 bits per heavy atom. The summed E-state index contributed by atoms with van der Waals surface area (Å²) in [5, 5.41) is 12.8. The predicted molar refractivity (Wildman–Crippen MR) is 85.3 cm³/mol. The van der Waals surface area contributed by atoms with Gasteiger partial charge in [-0.1, -0.05) is 18.2 Å². The van der Waals surface area contributed by atoms with Crippen LogP contribution >= 0.6 is 11.3 Å². The quantitative estimate of drug-likeness (QED) is 0.908. The summed E-state index contributed by atoms with van der Waals surface area (Å²) >= 11 is 1.26. The van der Waals surface area contributed by atoms with E-state index < -0.39 is 17.9 Å². The molecule has 0 fully saturated rings. The lowest BCUT2D eigenvalue weighted by atomic mass is 10.0. The number of rotatable bonds is 4. The number of aryl methyl sites for hydroxylation is 4. The third-order valence-corrected chi connectivity index (χ3v) is 4.57. The molecule has 0 radical (unpaired) electrons. The zero-order valence-corrected chi connectivity index (χ0v) is 13.7. The number of benzene rings is 1. The molecule has 6 heteroatoms. The number of carbonyl (C=O) groups is 2. The fourth-order valence-corrected chi connectivity index (χ4v) is 2.99. The summed E-state index contributed by atoms with van der Waals surface area (Å²) in [6.45, 7) is 7.42. The van der Waals surface area contributed by atoms with Crippen molar-refractivity contribution in [2.24, 2.45) is 0 Å². The SMILES string of the molecule is Cc1nc(C)c(C(=O)NC(C(=O)O)c2ccc(C)c(C)c2)s1. The van der Waals surface area contributed by atoms with Gasteiger partial charge in [0.15, 0.2) is 6.04 Å². The Morgan fingerprint density at radius 2 is 1.86 bits per heavy atom. The van der Waals surface area contributed by atoms with Crippen LogP contribution in [-0.2, 0) is 4.79 Å². The molecule has 2 aromatic rings. The molecule has 0 saturated carbocycles. The fourth-order valence-electron chi connectivity index (χ4n) is 2.17. The van der Waals surface area contributed by atoms with Crippen LogP contribution in [0.25, 0.3) is 0 Å². The molecule has 0 aliphatic rings. The number of carboxylic acid groups (broad SMARTS) is 1. The summed E-state index contributed by atoms with van der Waals surface area (Å²) in [7, 11) is 0. The molecule has 0 aliphatic heterocycles. The van der Waals surface area contributed by atoms with Gasteiger partial charge in [-0.2, -0.15) is 0 Å². The monoisotopic (exact) mass is 318 g/mol. The van der Waals surface area contributed by atoms with Gasteiger partial charge < -0.3 is 10.4 Å². The lowest BCUT2D eigenvalue weighted by Gasteiger charge is -2.16. The van der Waals surface area contributed by atoms with Crippen molar-refractivity contribution in [3.8, 4) is 0 Å². The van der Waals surface area contributed by atoms with Crippen LogP contribution in [0.15, 0.2) is 18.2 Å². The van der Waals surface area contributed by atoms with Crippen molar-refractivity contribution in [3.63, 3.8) is 0 Å². The molecule has 1 heterocycles. The third kappa shape index (κ3) is 3.33. The van der Waals surface area contributed by atoms with E-state index in [1.807, 2.05) is 26.8 Å². The van der Waals surface area contributed by atoms with E-state index in [0.717, 1.165) is 16.1 Å². The van der Waals surface area contributed by atoms with Gasteiger partial charge in [0.1, 0.15) is 4.88 Å². The van der Waals surface area contributed by atoms with Crippen molar-refractivity contribution in [1.29, 1.82) is 0 Å². The van der Waals surface area contributed by atoms with E-state index in [0.29, 0.717) is 16.1 Å². The van der Waals surface area contributed by atoms with Gasteiger partial charge in [0.05, 0.1) is 10.7 Å². The highest BCUT2D eigenvalue weighted by Crippen LogP contribution is 2.21. The Balaban J connectivity index is 2.29. The summed E-state index contributed by atoms with van der Waals surface area (Å²) in [4.78, 5) is 28.5. The highest BCUT2D eigenvalue weighted by Gasteiger charge is 2.25. The van der Waals surface area contributed by atoms with Crippen LogP contribution < -0.4 is 5.32 Å². The number of nitrogens with one attached hydrogen (secondary N) is 1. The number of thiazole rings is 1. The smallest absolute Gasteiger partial charge is 0.330 e. The zero-order chi connectivity index (χ0) is 16.4. The van der Waals surface area contributed by atoms with E-state index in [4.69, 9.17) is 0 Å². The molecule has 1 amide bonds. The molecule has 1 aromatic heterocycles. The molecule has 5 nitrogen and oxygen atoms in total. The Labute approximate surface area is 133 Å². The minimum absolute atomic E-state index is 0.409. The van der Waals surface area contributed by atoms with E-state index in [1.165, 1.54) is 11.3 Å². The maximum Gasteiger partial charge on any atom is 0.330 e. The van der Waals surface area contributed by atoms with Crippen LogP contribution in [0.5, 0.6) is 0 Å². The van der Waals surface area contributed by atoms with Gasteiger partial charge in [0, 0.05) is 0 Å². The Bertz CT molecular complexity index is 737. The van der Waals surface area contributed by atoms with E-state index in [-0.39, 0.29) is 0 Å².